The zero-order valence-corrected chi connectivity index (χ0v) is 18.0. The Morgan fingerprint density at radius 1 is 1.12 bits per heavy atom. The zero-order valence-electron chi connectivity index (χ0n) is 18.0. The summed E-state index contributed by atoms with van der Waals surface area (Å²) in [6.07, 6.45) is -1.50. The monoisotopic (exact) mass is 457 g/mol. The summed E-state index contributed by atoms with van der Waals surface area (Å²) < 4.78 is 4.84. The number of hydroxylamine groups is 1. The van der Waals surface area contributed by atoms with Gasteiger partial charge in [0.05, 0.1) is 24.7 Å². The molecule has 1 aliphatic rings. The molecular weight excluding hydrogens is 430 g/mol. The quantitative estimate of drug-likeness (QED) is 0.254. The zero-order chi connectivity index (χ0) is 24.0. The Hall–Kier alpha value is -3.63. The third-order valence-corrected chi connectivity index (χ3v) is 5.55. The number of rotatable bonds is 8. The molecule has 2 aromatic rings. The Kier molecular flexibility index (Phi) is 7.86. The van der Waals surface area contributed by atoms with Crippen molar-refractivity contribution < 1.29 is 34.5 Å². The van der Waals surface area contributed by atoms with Gasteiger partial charge in [0.1, 0.15) is 11.8 Å². The van der Waals surface area contributed by atoms with Gasteiger partial charge in [-0.15, -0.1) is 0 Å². The van der Waals surface area contributed by atoms with E-state index in [0.717, 1.165) is 11.1 Å². The molecule has 0 fully saturated rings. The molecule has 0 aromatic heterocycles. The molecule has 0 saturated heterocycles. The van der Waals surface area contributed by atoms with Crippen LogP contribution in [0.3, 0.4) is 0 Å². The minimum Gasteiger partial charge on any atom is -0.508 e. The van der Waals surface area contributed by atoms with Crippen molar-refractivity contribution in [2.75, 3.05) is 6.61 Å². The predicted octanol–water partition coefficient (Wildman–Crippen LogP) is 0.945. The summed E-state index contributed by atoms with van der Waals surface area (Å²) in [4.78, 5) is 37.9. The molecule has 0 spiro atoms. The van der Waals surface area contributed by atoms with Crippen molar-refractivity contribution in [2.45, 2.75) is 38.0 Å². The van der Waals surface area contributed by atoms with Gasteiger partial charge < -0.3 is 25.6 Å². The van der Waals surface area contributed by atoms with Crippen molar-refractivity contribution in [3.8, 4) is 5.75 Å². The maximum absolute atomic E-state index is 13.4. The van der Waals surface area contributed by atoms with Crippen LogP contribution in [0.5, 0.6) is 5.75 Å². The van der Waals surface area contributed by atoms with Gasteiger partial charge in [0.15, 0.2) is 0 Å². The summed E-state index contributed by atoms with van der Waals surface area (Å²) in [7, 11) is 0. The first-order valence-corrected chi connectivity index (χ1v) is 10.6. The number of benzene rings is 2. The molecule has 0 heterocycles. The Balaban J connectivity index is 1.91. The van der Waals surface area contributed by atoms with Gasteiger partial charge in [-0.25, -0.2) is 10.3 Å². The molecule has 2 aromatic carbocycles. The SMILES string of the molecule is CCOC(=O)N[C@H](C(=O)NO)[C@@H](Cc1cccc(O)c1)C(=O)N[C@H]1c2ccccc2C[C@H]1O. The van der Waals surface area contributed by atoms with Crippen LogP contribution in [0.25, 0.3) is 0 Å². The minimum absolute atomic E-state index is 0.0340. The second-order valence-electron chi connectivity index (χ2n) is 7.76. The van der Waals surface area contributed by atoms with Gasteiger partial charge in [0, 0.05) is 6.42 Å². The number of phenolic OH excluding ortho intramolecular Hbond substituents is 1. The number of alkyl carbamates (subject to hydrolysis) is 1. The van der Waals surface area contributed by atoms with E-state index >= 15 is 0 Å². The minimum atomic E-state index is -1.50. The molecule has 0 saturated carbocycles. The molecule has 3 amide bonds. The number of fused-ring (bicyclic) bond motifs is 1. The molecule has 1 aliphatic carbocycles. The molecular formula is C23H27N3O7. The molecule has 0 unspecified atom stereocenters. The number of hydrogen-bond acceptors (Lipinski definition) is 7. The van der Waals surface area contributed by atoms with E-state index in [9.17, 15) is 29.8 Å². The average molecular weight is 457 g/mol. The molecule has 3 rings (SSSR count). The van der Waals surface area contributed by atoms with Crippen molar-refractivity contribution in [3.63, 3.8) is 0 Å². The lowest BCUT2D eigenvalue weighted by molar-refractivity contribution is -0.138. The molecule has 176 valence electrons. The summed E-state index contributed by atoms with van der Waals surface area (Å²) in [6, 6.07) is 11.2. The van der Waals surface area contributed by atoms with Crippen molar-refractivity contribution in [1.82, 2.24) is 16.1 Å². The van der Waals surface area contributed by atoms with E-state index in [1.165, 1.54) is 17.6 Å². The van der Waals surface area contributed by atoms with E-state index < -0.39 is 42.0 Å². The second-order valence-corrected chi connectivity index (χ2v) is 7.76. The fourth-order valence-electron chi connectivity index (χ4n) is 4.03. The van der Waals surface area contributed by atoms with Crippen LogP contribution in [-0.2, 0) is 27.2 Å². The van der Waals surface area contributed by atoms with Gasteiger partial charge in [-0.2, -0.15) is 0 Å². The lowest BCUT2D eigenvalue weighted by atomic mass is 9.90. The van der Waals surface area contributed by atoms with Crippen molar-refractivity contribution in [1.29, 1.82) is 0 Å². The summed E-state index contributed by atoms with van der Waals surface area (Å²) >= 11 is 0. The van der Waals surface area contributed by atoms with Gasteiger partial charge in [0.2, 0.25) is 5.91 Å². The van der Waals surface area contributed by atoms with E-state index in [0.29, 0.717) is 12.0 Å². The molecule has 0 aliphatic heterocycles. The third-order valence-electron chi connectivity index (χ3n) is 5.55. The van der Waals surface area contributed by atoms with Crippen LogP contribution in [0.4, 0.5) is 4.79 Å². The number of ether oxygens (including phenoxy) is 1. The standard InChI is InChI=1S/C23H27N3O7/c1-2-33-23(31)25-20(22(30)26-32)17(11-13-6-5-8-15(27)10-13)21(29)24-19-16-9-4-3-7-14(16)12-18(19)28/h3-10,17-20,27-28,32H,2,11-12H2,1H3,(H,24,29)(H,25,31)(H,26,30)/t17-,18-,19+,20+/m1/s1. The number of carbonyl (C=O) groups excluding carboxylic acids is 3. The molecule has 6 N–H and O–H groups in total. The van der Waals surface area contributed by atoms with Gasteiger partial charge in [-0.1, -0.05) is 36.4 Å². The maximum atomic E-state index is 13.4. The first-order valence-electron chi connectivity index (χ1n) is 10.6. The van der Waals surface area contributed by atoms with E-state index in [-0.39, 0.29) is 18.8 Å². The van der Waals surface area contributed by atoms with Crippen LogP contribution in [0.1, 0.15) is 29.7 Å². The highest BCUT2D eigenvalue weighted by atomic mass is 16.5. The Morgan fingerprint density at radius 2 is 1.88 bits per heavy atom. The highest BCUT2D eigenvalue weighted by Gasteiger charge is 2.39. The number of nitrogens with one attached hydrogen (secondary N) is 3. The number of aliphatic hydroxyl groups excluding tert-OH is 1. The predicted molar refractivity (Wildman–Crippen MR) is 116 cm³/mol. The van der Waals surface area contributed by atoms with E-state index in [2.05, 4.69) is 10.6 Å². The van der Waals surface area contributed by atoms with Crippen LogP contribution >= 0.6 is 0 Å². The summed E-state index contributed by atoms with van der Waals surface area (Å²) in [5.74, 6) is -2.89. The molecule has 0 bridgehead atoms. The largest absolute Gasteiger partial charge is 0.508 e. The van der Waals surface area contributed by atoms with Crippen molar-refractivity contribution >= 4 is 17.9 Å². The van der Waals surface area contributed by atoms with Gasteiger partial charge in [-0.05, 0) is 42.2 Å². The van der Waals surface area contributed by atoms with E-state index in [4.69, 9.17) is 4.74 Å². The van der Waals surface area contributed by atoms with Gasteiger partial charge in [0.25, 0.3) is 5.91 Å². The summed E-state index contributed by atoms with van der Waals surface area (Å²) in [5, 5.41) is 34.7. The second kappa shape index (κ2) is 10.8. The van der Waals surface area contributed by atoms with Crippen LogP contribution in [0, 0.1) is 5.92 Å². The lowest BCUT2D eigenvalue weighted by Crippen LogP contribution is -2.55. The fourth-order valence-corrected chi connectivity index (χ4v) is 4.03. The van der Waals surface area contributed by atoms with Crippen molar-refractivity contribution in [2.24, 2.45) is 5.92 Å². The first-order chi connectivity index (χ1) is 15.8. The number of carbonyl (C=O) groups is 3. The normalized spacial score (nSPS) is 18.5. The highest BCUT2D eigenvalue weighted by Crippen LogP contribution is 2.32. The fraction of sp³-hybridized carbons (Fsp3) is 0.348. The molecule has 33 heavy (non-hydrogen) atoms. The number of aliphatic hydroxyl groups is 1. The number of aromatic hydroxyl groups is 1. The third kappa shape index (κ3) is 5.79. The Labute approximate surface area is 190 Å². The Morgan fingerprint density at radius 3 is 2.58 bits per heavy atom. The van der Waals surface area contributed by atoms with Crippen LogP contribution in [0.2, 0.25) is 0 Å². The topological polar surface area (TPSA) is 157 Å². The number of hydrogen-bond donors (Lipinski definition) is 6. The van der Waals surface area contributed by atoms with Gasteiger partial charge >= 0.3 is 6.09 Å². The first kappa shape index (κ1) is 24.0. The number of phenols is 1. The molecule has 10 nitrogen and oxygen atoms in total. The lowest BCUT2D eigenvalue weighted by Gasteiger charge is -2.28. The Bertz CT molecular complexity index is 1010. The summed E-state index contributed by atoms with van der Waals surface area (Å²) in [6.45, 7) is 1.62. The smallest absolute Gasteiger partial charge is 0.407 e. The maximum Gasteiger partial charge on any atom is 0.407 e. The van der Waals surface area contributed by atoms with E-state index in [1.54, 1.807) is 31.2 Å². The van der Waals surface area contributed by atoms with Crippen LogP contribution < -0.4 is 16.1 Å². The number of amides is 3. The van der Waals surface area contributed by atoms with Crippen LogP contribution in [-0.4, -0.2) is 52.1 Å². The van der Waals surface area contributed by atoms with E-state index in [1.807, 2.05) is 12.1 Å². The molecule has 10 heteroatoms. The molecule has 4 atom stereocenters. The van der Waals surface area contributed by atoms with Crippen LogP contribution in [0.15, 0.2) is 48.5 Å². The summed E-state index contributed by atoms with van der Waals surface area (Å²) in [5.41, 5.74) is 3.65. The van der Waals surface area contributed by atoms with Gasteiger partial charge in [-0.3, -0.25) is 14.8 Å². The van der Waals surface area contributed by atoms with Crippen molar-refractivity contribution in [3.05, 3.63) is 65.2 Å². The average Bonchev–Trinajstić information content (AvgIpc) is 3.10. The highest BCUT2D eigenvalue weighted by molar-refractivity contribution is 5.92. The molecule has 0 radical (unpaired) electrons.